The van der Waals surface area contributed by atoms with Crippen LogP contribution in [0.25, 0.3) is 0 Å². The quantitative estimate of drug-likeness (QED) is 0.793. The molecular weight excluding hydrogens is 314 g/mol. The molecule has 0 aliphatic carbocycles. The van der Waals surface area contributed by atoms with Crippen molar-refractivity contribution >= 4 is 11.9 Å². The van der Waals surface area contributed by atoms with Gasteiger partial charge in [0.15, 0.2) is 0 Å². The van der Waals surface area contributed by atoms with Gasteiger partial charge in [-0.3, -0.25) is 14.3 Å². The third kappa shape index (κ3) is 4.03. The number of carboxylic acid groups (broad SMARTS) is 1. The summed E-state index contributed by atoms with van der Waals surface area (Å²) in [5, 5.41) is 15.8. The lowest BCUT2D eigenvalue weighted by Crippen LogP contribution is -2.30. The molecule has 1 atom stereocenters. The molecule has 1 unspecified atom stereocenters. The van der Waals surface area contributed by atoms with Crippen LogP contribution in [0.2, 0.25) is 0 Å². The van der Waals surface area contributed by atoms with Crippen LogP contribution in [0.4, 0.5) is 0 Å². The average Bonchev–Trinajstić information content (AvgIpc) is 2.99. The number of aryl methyl sites for hydroxylation is 1. The fourth-order valence-electron chi connectivity index (χ4n) is 2.30. The minimum Gasteiger partial charge on any atom is -0.497 e. The summed E-state index contributed by atoms with van der Waals surface area (Å²) in [6.07, 6.45) is 2.69. The van der Waals surface area contributed by atoms with Crippen molar-refractivity contribution < 1.29 is 24.2 Å². The van der Waals surface area contributed by atoms with Crippen LogP contribution < -0.4 is 14.8 Å². The number of nitrogens with one attached hydrogen (secondary N) is 1. The summed E-state index contributed by atoms with van der Waals surface area (Å²) in [6, 6.07) is 4.24. The Bertz CT molecular complexity index is 741. The van der Waals surface area contributed by atoms with E-state index < -0.39 is 17.9 Å². The molecule has 0 saturated carbocycles. The van der Waals surface area contributed by atoms with E-state index in [1.165, 1.54) is 25.1 Å². The standard InChI is InChI=1S/C16H19N3O5/c1-19-9-10(8-17-19)16(22)18-13(7-15(20)21)12-5-4-11(23-2)6-14(12)24-3/h4-6,8-9,13H,7H2,1-3H3,(H,18,22)(H,20,21). The Balaban J connectivity index is 2.31. The predicted octanol–water partition coefficient (Wildman–Crippen LogP) is 1.38. The molecule has 0 spiro atoms. The molecule has 1 aromatic heterocycles. The molecule has 2 N–H and O–H groups in total. The molecule has 0 aliphatic heterocycles. The molecule has 0 aliphatic rings. The highest BCUT2D eigenvalue weighted by Gasteiger charge is 2.23. The number of methoxy groups -OCH3 is 2. The summed E-state index contributed by atoms with van der Waals surface area (Å²) in [5.41, 5.74) is 0.901. The largest absolute Gasteiger partial charge is 0.497 e. The molecule has 1 amide bonds. The van der Waals surface area contributed by atoms with Crippen molar-refractivity contribution in [1.82, 2.24) is 15.1 Å². The maximum Gasteiger partial charge on any atom is 0.305 e. The van der Waals surface area contributed by atoms with Gasteiger partial charge in [0.25, 0.3) is 5.91 Å². The number of aliphatic carboxylic acids is 1. The molecule has 1 heterocycles. The van der Waals surface area contributed by atoms with Gasteiger partial charge in [0.05, 0.1) is 38.4 Å². The van der Waals surface area contributed by atoms with E-state index >= 15 is 0 Å². The minimum atomic E-state index is -1.04. The number of carboxylic acids is 1. The zero-order valence-corrected chi connectivity index (χ0v) is 13.6. The lowest BCUT2D eigenvalue weighted by Gasteiger charge is -2.20. The first-order chi connectivity index (χ1) is 11.4. The Kier molecular flexibility index (Phi) is 5.41. The Hall–Kier alpha value is -3.03. The van der Waals surface area contributed by atoms with Crippen molar-refractivity contribution in [3.8, 4) is 11.5 Å². The highest BCUT2D eigenvalue weighted by atomic mass is 16.5. The average molecular weight is 333 g/mol. The molecule has 1 aromatic carbocycles. The van der Waals surface area contributed by atoms with Gasteiger partial charge in [-0.1, -0.05) is 0 Å². The number of nitrogens with zero attached hydrogens (tertiary/aromatic N) is 2. The van der Waals surface area contributed by atoms with Crippen molar-refractivity contribution in [3.63, 3.8) is 0 Å². The van der Waals surface area contributed by atoms with Gasteiger partial charge < -0.3 is 19.9 Å². The van der Waals surface area contributed by atoms with E-state index in [4.69, 9.17) is 14.6 Å². The lowest BCUT2D eigenvalue weighted by molar-refractivity contribution is -0.137. The second-order valence-corrected chi connectivity index (χ2v) is 5.13. The number of ether oxygens (including phenoxy) is 2. The normalized spacial score (nSPS) is 11.6. The third-order valence-electron chi connectivity index (χ3n) is 3.47. The molecule has 0 radical (unpaired) electrons. The molecular formula is C16H19N3O5. The van der Waals surface area contributed by atoms with Gasteiger partial charge in [-0.25, -0.2) is 0 Å². The van der Waals surface area contributed by atoms with Gasteiger partial charge in [0.2, 0.25) is 0 Å². The van der Waals surface area contributed by atoms with Gasteiger partial charge in [0, 0.05) is 24.9 Å². The molecule has 128 valence electrons. The molecule has 0 fully saturated rings. The van der Waals surface area contributed by atoms with Crippen LogP contribution in [-0.4, -0.2) is 41.0 Å². The maximum absolute atomic E-state index is 12.3. The summed E-state index contributed by atoms with van der Waals surface area (Å²) in [7, 11) is 4.68. The highest BCUT2D eigenvalue weighted by Crippen LogP contribution is 2.31. The van der Waals surface area contributed by atoms with Gasteiger partial charge in [0.1, 0.15) is 11.5 Å². The summed E-state index contributed by atoms with van der Waals surface area (Å²) in [6.45, 7) is 0. The van der Waals surface area contributed by atoms with Crippen molar-refractivity contribution in [2.75, 3.05) is 14.2 Å². The van der Waals surface area contributed by atoms with E-state index in [1.807, 2.05) is 0 Å². The molecule has 0 bridgehead atoms. The number of carbonyl (C=O) groups excluding carboxylic acids is 1. The second kappa shape index (κ2) is 7.49. The van der Waals surface area contributed by atoms with Crippen LogP contribution in [0.15, 0.2) is 30.6 Å². The Labute approximate surface area is 139 Å². The van der Waals surface area contributed by atoms with Crippen LogP contribution in [0.5, 0.6) is 11.5 Å². The second-order valence-electron chi connectivity index (χ2n) is 5.13. The van der Waals surface area contributed by atoms with Gasteiger partial charge in [-0.15, -0.1) is 0 Å². The predicted molar refractivity (Wildman–Crippen MR) is 85.2 cm³/mol. The van der Waals surface area contributed by atoms with Crippen molar-refractivity contribution in [2.24, 2.45) is 7.05 Å². The zero-order chi connectivity index (χ0) is 17.7. The lowest BCUT2D eigenvalue weighted by atomic mass is 10.0. The van der Waals surface area contributed by atoms with E-state index in [-0.39, 0.29) is 6.42 Å². The van der Waals surface area contributed by atoms with E-state index in [2.05, 4.69) is 10.4 Å². The topological polar surface area (TPSA) is 103 Å². The summed E-state index contributed by atoms with van der Waals surface area (Å²) in [5.74, 6) is -0.438. The molecule has 8 nitrogen and oxygen atoms in total. The SMILES string of the molecule is COc1ccc(C(CC(=O)O)NC(=O)c2cnn(C)c2)c(OC)c1. The van der Waals surface area contributed by atoms with Gasteiger partial charge in [-0.2, -0.15) is 5.10 Å². The van der Waals surface area contributed by atoms with Crippen LogP contribution in [-0.2, 0) is 11.8 Å². The van der Waals surface area contributed by atoms with E-state index in [0.717, 1.165) is 0 Å². The molecule has 2 aromatic rings. The van der Waals surface area contributed by atoms with Gasteiger partial charge >= 0.3 is 5.97 Å². The Morgan fingerprint density at radius 2 is 2.08 bits per heavy atom. The minimum absolute atomic E-state index is 0.283. The van der Waals surface area contributed by atoms with E-state index in [0.29, 0.717) is 22.6 Å². The number of carbonyl (C=O) groups is 2. The zero-order valence-electron chi connectivity index (χ0n) is 13.6. The molecule has 2 rings (SSSR count). The first-order valence-corrected chi connectivity index (χ1v) is 7.17. The smallest absolute Gasteiger partial charge is 0.305 e. The fraction of sp³-hybridized carbons (Fsp3) is 0.312. The summed E-state index contributed by atoms with van der Waals surface area (Å²) in [4.78, 5) is 23.5. The summed E-state index contributed by atoms with van der Waals surface area (Å²) >= 11 is 0. The number of hydrogen-bond acceptors (Lipinski definition) is 5. The van der Waals surface area contributed by atoms with Crippen LogP contribution in [0.3, 0.4) is 0 Å². The maximum atomic E-state index is 12.3. The number of rotatable bonds is 7. The van der Waals surface area contributed by atoms with Crippen molar-refractivity contribution in [3.05, 3.63) is 41.7 Å². The first-order valence-electron chi connectivity index (χ1n) is 7.17. The Morgan fingerprint density at radius 1 is 1.33 bits per heavy atom. The first kappa shape index (κ1) is 17.3. The van der Waals surface area contributed by atoms with E-state index in [9.17, 15) is 9.59 Å². The molecule has 8 heteroatoms. The number of benzene rings is 1. The number of aromatic nitrogens is 2. The van der Waals surface area contributed by atoms with Gasteiger partial charge in [-0.05, 0) is 12.1 Å². The highest BCUT2D eigenvalue weighted by molar-refractivity contribution is 5.94. The Morgan fingerprint density at radius 3 is 2.62 bits per heavy atom. The number of hydrogen-bond donors (Lipinski definition) is 2. The number of amides is 1. The molecule has 24 heavy (non-hydrogen) atoms. The van der Waals surface area contributed by atoms with Crippen LogP contribution in [0.1, 0.15) is 28.4 Å². The van der Waals surface area contributed by atoms with Crippen LogP contribution in [0, 0.1) is 0 Å². The van der Waals surface area contributed by atoms with Crippen molar-refractivity contribution in [2.45, 2.75) is 12.5 Å². The van der Waals surface area contributed by atoms with E-state index in [1.54, 1.807) is 31.4 Å². The van der Waals surface area contributed by atoms with Crippen molar-refractivity contribution in [1.29, 1.82) is 0 Å². The molecule has 0 saturated heterocycles. The third-order valence-corrected chi connectivity index (χ3v) is 3.47. The summed E-state index contributed by atoms with van der Waals surface area (Å²) < 4.78 is 11.9. The monoisotopic (exact) mass is 333 g/mol. The fourth-order valence-corrected chi connectivity index (χ4v) is 2.30. The van der Waals surface area contributed by atoms with Crippen LogP contribution >= 0.6 is 0 Å².